The number of hydrogen-bond acceptors (Lipinski definition) is 3. The summed E-state index contributed by atoms with van der Waals surface area (Å²) in [5.41, 5.74) is 6.55. The van der Waals surface area contributed by atoms with Crippen LogP contribution in [0.1, 0.15) is 35.2 Å². The second-order valence-corrected chi connectivity index (χ2v) is 4.84. The maximum atomic E-state index is 11.7. The van der Waals surface area contributed by atoms with E-state index in [4.69, 9.17) is 5.73 Å². The van der Waals surface area contributed by atoms with E-state index in [1.165, 1.54) is 0 Å². The molecule has 1 atom stereocenters. The van der Waals surface area contributed by atoms with Crippen molar-refractivity contribution in [3.8, 4) is 0 Å². The van der Waals surface area contributed by atoms with E-state index < -0.39 is 5.91 Å². The third-order valence-electron chi connectivity index (χ3n) is 3.30. The maximum absolute atomic E-state index is 11.7. The molecular weight excluding hydrogens is 242 g/mol. The van der Waals surface area contributed by atoms with Crippen LogP contribution < -0.4 is 16.4 Å². The molecule has 0 aromatic heterocycles. The SMILES string of the molecule is NC(=O)c1cccc(CNC(=O)CC2CCCN2)c1. The van der Waals surface area contributed by atoms with Crippen LogP contribution in [-0.4, -0.2) is 24.4 Å². The number of carbonyl (C=O) groups is 2. The molecule has 1 fully saturated rings. The zero-order valence-electron chi connectivity index (χ0n) is 10.8. The lowest BCUT2D eigenvalue weighted by Crippen LogP contribution is -2.31. The average Bonchev–Trinajstić information content (AvgIpc) is 2.89. The number of hydrogen-bond donors (Lipinski definition) is 3. The lowest BCUT2D eigenvalue weighted by atomic mass is 10.1. The van der Waals surface area contributed by atoms with Crippen molar-refractivity contribution >= 4 is 11.8 Å². The molecule has 5 heteroatoms. The molecule has 2 rings (SSSR count). The van der Waals surface area contributed by atoms with Crippen LogP contribution in [0.15, 0.2) is 24.3 Å². The molecule has 0 bridgehead atoms. The molecule has 102 valence electrons. The Hall–Kier alpha value is -1.88. The molecule has 1 aromatic carbocycles. The molecule has 19 heavy (non-hydrogen) atoms. The second kappa shape index (κ2) is 6.33. The first kappa shape index (κ1) is 13.5. The summed E-state index contributed by atoms with van der Waals surface area (Å²) < 4.78 is 0. The number of benzene rings is 1. The molecule has 5 nitrogen and oxygen atoms in total. The van der Waals surface area contributed by atoms with Crippen molar-refractivity contribution in [2.24, 2.45) is 5.73 Å². The van der Waals surface area contributed by atoms with Crippen LogP contribution in [-0.2, 0) is 11.3 Å². The van der Waals surface area contributed by atoms with Gasteiger partial charge >= 0.3 is 0 Å². The molecule has 1 saturated heterocycles. The van der Waals surface area contributed by atoms with Crippen LogP contribution in [0.3, 0.4) is 0 Å². The molecule has 2 amide bonds. The van der Waals surface area contributed by atoms with Crippen molar-refractivity contribution in [3.05, 3.63) is 35.4 Å². The molecular formula is C14H19N3O2. The highest BCUT2D eigenvalue weighted by Gasteiger charge is 2.17. The van der Waals surface area contributed by atoms with E-state index >= 15 is 0 Å². The van der Waals surface area contributed by atoms with Crippen LogP contribution in [0.5, 0.6) is 0 Å². The quantitative estimate of drug-likeness (QED) is 0.723. The Morgan fingerprint density at radius 1 is 1.42 bits per heavy atom. The first-order chi connectivity index (χ1) is 9.15. The fraction of sp³-hybridized carbons (Fsp3) is 0.429. The highest BCUT2D eigenvalue weighted by atomic mass is 16.2. The number of rotatable bonds is 5. The maximum Gasteiger partial charge on any atom is 0.248 e. The highest BCUT2D eigenvalue weighted by molar-refractivity contribution is 5.92. The van der Waals surface area contributed by atoms with E-state index in [1.54, 1.807) is 18.2 Å². The molecule has 1 aliphatic rings. The van der Waals surface area contributed by atoms with Crippen molar-refractivity contribution in [3.63, 3.8) is 0 Å². The van der Waals surface area contributed by atoms with Gasteiger partial charge in [-0.1, -0.05) is 12.1 Å². The van der Waals surface area contributed by atoms with Gasteiger partial charge in [-0.3, -0.25) is 9.59 Å². The summed E-state index contributed by atoms with van der Waals surface area (Å²) in [7, 11) is 0. The van der Waals surface area contributed by atoms with Gasteiger partial charge in [0.1, 0.15) is 0 Å². The Morgan fingerprint density at radius 3 is 2.95 bits per heavy atom. The monoisotopic (exact) mass is 261 g/mol. The molecule has 1 unspecified atom stereocenters. The predicted molar refractivity (Wildman–Crippen MR) is 72.4 cm³/mol. The van der Waals surface area contributed by atoms with Gasteiger partial charge in [0.25, 0.3) is 0 Å². The van der Waals surface area contributed by atoms with E-state index in [1.807, 2.05) is 6.07 Å². The Balaban J connectivity index is 1.82. The second-order valence-electron chi connectivity index (χ2n) is 4.84. The fourth-order valence-electron chi connectivity index (χ4n) is 2.26. The van der Waals surface area contributed by atoms with E-state index in [2.05, 4.69) is 10.6 Å². The van der Waals surface area contributed by atoms with Crippen LogP contribution in [0.2, 0.25) is 0 Å². The zero-order valence-corrected chi connectivity index (χ0v) is 10.8. The van der Waals surface area contributed by atoms with Crippen molar-refractivity contribution in [2.75, 3.05) is 6.54 Å². The van der Waals surface area contributed by atoms with Crippen LogP contribution in [0, 0.1) is 0 Å². The largest absolute Gasteiger partial charge is 0.366 e. The topological polar surface area (TPSA) is 84.2 Å². The minimum absolute atomic E-state index is 0.0314. The molecule has 4 N–H and O–H groups in total. The first-order valence-electron chi connectivity index (χ1n) is 6.54. The van der Waals surface area contributed by atoms with Gasteiger partial charge in [-0.25, -0.2) is 0 Å². The van der Waals surface area contributed by atoms with Crippen LogP contribution in [0.4, 0.5) is 0 Å². The summed E-state index contributed by atoms with van der Waals surface area (Å²) >= 11 is 0. The molecule has 0 spiro atoms. The Kier molecular flexibility index (Phi) is 4.52. The van der Waals surface area contributed by atoms with Gasteiger partial charge in [-0.05, 0) is 37.1 Å². The van der Waals surface area contributed by atoms with Gasteiger partial charge < -0.3 is 16.4 Å². The molecule has 0 saturated carbocycles. The molecule has 1 aliphatic heterocycles. The van der Waals surface area contributed by atoms with Gasteiger partial charge in [-0.15, -0.1) is 0 Å². The van der Waals surface area contributed by atoms with E-state index in [9.17, 15) is 9.59 Å². The lowest BCUT2D eigenvalue weighted by Gasteiger charge is -2.10. The van der Waals surface area contributed by atoms with Gasteiger partial charge in [0.05, 0.1) is 0 Å². The smallest absolute Gasteiger partial charge is 0.248 e. The minimum atomic E-state index is -0.455. The zero-order chi connectivity index (χ0) is 13.7. The lowest BCUT2D eigenvalue weighted by molar-refractivity contribution is -0.121. The fourth-order valence-corrected chi connectivity index (χ4v) is 2.26. The van der Waals surface area contributed by atoms with Crippen molar-refractivity contribution in [2.45, 2.75) is 31.8 Å². The average molecular weight is 261 g/mol. The number of primary amides is 1. The number of amides is 2. The normalized spacial score (nSPS) is 18.2. The molecule has 0 aliphatic carbocycles. The van der Waals surface area contributed by atoms with E-state index in [0.717, 1.165) is 24.9 Å². The van der Waals surface area contributed by atoms with Gasteiger partial charge in [0, 0.05) is 24.6 Å². The Morgan fingerprint density at radius 2 is 2.26 bits per heavy atom. The highest BCUT2D eigenvalue weighted by Crippen LogP contribution is 2.09. The van der Waals surface area contributed by atoms with E-state index in [-0.39, 0.29) is 5.91 Å². The Labute approximate surface area is 112 Å². The van der Waals surface area contributed by atoms with Gasteiger partial charge in [0.15, 0.2) is 0 Å². The summed E-state index contributed by atoms with van der Waals surface area (Å²) in [6, 6.07) is 7.30. The van der Waals surface area contributed by atoms with Crippen molar-refractivity contribution in [1.29, 1.82) is 0 Å². The van der Waals surface area contributed by atoms with Crippen LogP contribution >= 0.6 is 0 Å². The summed E-state index contributed by atoms with van der Waals surface area (Å²) in [5, 5.41) is 6.15. The summed E-state index contributed by atoms with van der Waals surface area (Å²) in [6.07, 6.45) is 2.71. The van der Waals surface area contributed by atoms with Crippen LogP contribution in [0.25, 0.3) is 0 Å². The van der Waals surface area contributed by atoms with Gasteiger partial charge in [-0.2, -0.15) is 0 Å². The number of carbonyl (C=O) groups excluding carboxylic acids is 2. The predicted octanol–water partition coefficient (Wildman–Crippen LogP) is 0.544. The third kappa shape index (κ3) is 4.06. The molecule has 1 aromatic rings. The van der Waals surface area contributed by atoms with Gasteiger partial charge in [0.2, 0.25) is 11.8 Å². The molecule has 1 heterocycles. The third-order valence-corrected chi connectivity index (χ3v) is 3.30. The first-order valence-corrected chi connectivity index (χ1v) is 6.54. The van der Waals surface area contributed by atoms with E-state index in [0.29, 0.717) is 24.6 Å². The summed E-state index contributed by atoms with van der Waals surface area (Å²) in [6.45, 7) is 1.42. The van der Waals surface area contributed by atoms with Crippen molar-refractivity contribution < 1.29 is 9.59 Å². The Bertz CT molecular complexity index is 468. The minimum Gasteiger partial charge on any atom is -0.366 e. The standard InChI is InChI=1S/C14H19N3O2/c15-14(19)11-4-1-3-10(7-11)9-17-13(18)8-12-5-2-6-16-12/h1,3-4,7,12,16H,2,5-6,8-9H2,(H2,15,19)(H,17,18). The summed E-state index contributed by atoms with van der Waals surface area (Å²) in [4.78, 5) is 22.8. The van der Waals surface area contributed by atoms with Crippen molar-refractivity contribution in [1.82, 2.24) is 10.6 Å². The number of nitrogens with two attached hydrogens (primary N) is 1. The molecule has 0 radical (unpaired) electrons. The number of nitrogens with one attached hydrogen (secondary N) is 2. The summed E-state index contributed by atoms with van der Waals surface area (Å²) in [5.74, 6) is -0.424.